The number of carbonyl (C=O) groups excluding carboxylic acids is 1. The van der Waals surface area contributed by atoms with Gasteiger partial charge in [0, 0.05) is 18.7 Å². The van der Waals surface area contributed by atoms with Gasteiger partial charge >= 0.3 is 6.09 Å². The summed E-state index contributed by atoms with van der Waals surface area (Å²) in [4.78, 5) is 12.8. The Morgan fingerprint density at radius 1 is 1.08 bits per heavy atom. The Balaban J connectivity index is 1.80. The Hall–Kier alpha value is -2.56. The number of ether oxygens (including phenoxy) is 1. The van der Waals surface area contributed by atoms with E-state index in [1.807, 2.05) is 12.1 Å². The van der Waals surface area contributed by atoms with Crippen LogP contribution in [0.3, 0.4) is 0 Å². The predicted octanol–water partition coefficient (Wildman–Crippen LogP) is 4.47. The van der Waals surface area contributed by atoms with E-state index in [1.165, 1.54) is 0 Å². The van der Waals surface area contributed by atoms with Crippen molar-refractivity contribution in [2.24, 2.45) is 5.92 Å². The summed E-state index contributed by atoms with van der Waals surface area (Å²) in [5, 5.41) is 16.9. The normalized spacial score (nSPS) is 18.5. The molecule has 1 amide bonds. The van der Waals surface area contributed by atoms with Crippen LogP contribution in [0.25, 0.3) is 0 Å². The second-order valence-electron chi connectivity index (χ2n) is 11.3. The van der Waals surface area contributed by atoms with E-state index < -0.39 is 45.3 Å². The van der Waals surface area contributed by atoms with E-state index in [9.17, 15) is 27.1 Å². The largest absolute Gasteiger partial charge is 0.444 e. The smallest absolute Gasteiger partial charge is 0.407 e. The van der Waals surface area contributed by atoms with Gasteiger partial charge in [0.2, 0.25) is 0 Å². The van der Waals surface area contributed by atoms with Crippen LogP contribution >= 0.6 is 0 Å². The molecule has 0 saturated carbocycles. The van der Waals surface area contributed by atoms with Crippen LogP contribution < -0.4 is 10.6 Å². The minimum absolute atomic E-state index is 0.00315. The van der Waals surface area contributed by atoms with E-state index >= 15 is 0 Å². The van der Waals surface area contributed by atoms with Gasteiger partial charge in [0.15, 0.2) is 9.84 Å². The van der Waals surface area contributed by atoms with Crippen molar-refractivity contribution in [2.75, 3.05) is 12.3 Å². The van der Waals surface area contributed by atoms with Gasteiger partial charge in [-0.2, -0.15) is 0 Å². The molecule has 2 aromatic carbocycles. The highest BCUT2D eigenvalue weighted by Crippen LogP contribution is 2.33. The SMILES string of the molecule is CC(C)Cc1ccc2c(c1)C(NCC(O)C(Cc1cc(F)cc(F)c1)NC(=O)OC(C)(C)C)CCS2(=O)=O. The molecule has 38 heavy (non-hydrogen) atoms. The summed E-state index contributed by atoms with van der Waals surface area (Å²) in [7, 11) is -3.40. The van der Waals surface area contributed by atoms with E-state index in [2.05, 4.69) is 24.5 Å². The van der Waals surface area contributed by atoms with Gasteiger partial charge in [-0.15, -0.1) is 0 Å². The van der Waals surface area contributed by atoms with Crippen LogP contribution in [0.2, 0.25) is 0 Å². The number of carbonyl (C=O) groups is 1. The number of halogens is 2. The number of fused-ring (bicyclic) bond motifs is 1. The first-order valence-electron chi connectivity index (χ1n) is 12.8. The van der Waals surface area contributed by atoms with Gasteiger partial charge in [-0.25, -0.2) is 22.0 Å². The number of aliphatic hydroxyl groups is 1. The van der Waals surface area contributed by atoms with Crippen molar-refractivity contribution in [3.05, 3.63) is 64.7 Å². The van der Waals surface area contributed by atoms with E-state index in [4.69, 9.17) is 4.74 Å². The third-order valence-corrected chi connectivity index (χ3v) is 8.04. The van der Waals surface area contributed by atoms with Crippen LogP contribution in [-0.2, 0) is 27.4 Å². The van der Waals surface area contributed by atoms with Crippen LogP contribution in [0, 0.1) is 17.6 Å². The molecular formula is C28H38F2N2O5S. The highest BCUT2D eigenvalue weighted by Gasteiger charge is 2.32. The molecule has 1 heterocycles. The van der Waals surface area contributed by atoms with Gasteiger partial charge in [0.1, 0.15) is 17.2 Å². The number of aliphatic hydroxyl groups excluding tert-OH is 1. The number of alkyl carbamates (subject to hydrolysis) is 1. The fraction of sp³-hybridized carbons (Fsp3) is 0.536. The van der Waals surface area contributed by atoms with E-state index in [-0.39, 0.29) is 35.2 Å². The van der Waals surface area contributed by atoms with E-state index in [1.54, 1.807) is 26.8 Å². The van der Waals surface area contributed by atoms with Crippen LogP contribution in [0.15, 0.2) is 41.3 Å². The van der Waals surface area contributed by atoms with Gasteiger partial charge in [-0.1, -0.05) is 26.0 Å². The minimum atomic E-state index is -3.40. The molecule has 3 N–H and O–H groups in total. The molecule has 3 unspecified atom stereocenters. The standard InChI is InChI=1S/C28H38F2N2O5S/c1-17(2)10-18-6-7-26-22(13-18)23(8-9-38(26,35)36)31-16-25(33)24(32-27(34)37-28(3,4)5)14-19-11-20(29)15-21(30)12-19/h6-7,11-13,15,17,23-25,31,33H,8-10,14,16H2,1-5H3,(H,32,34). The molecule has 0 spiro atoms. The lowest BCUT2D eigenvalue weighted by Gasteiger charge is -2.31. The van der Waals surface area contributed by atoms with Crippen LogP contribution in [0.1, 0.15) is 63.8 Å². The van der Waals surface area contributed by atoms with Crippen molar-refractivity contribution in [1.29, 1.82) is 0 Å². The lowest BCUT2D eigenvalue weighted by Crippen LogP contribution is -2.50. The second-order valence-corrected chi connectivity index (χ2v) is 13.4. The molecule has 3 rings (SSSR count). The number of hydrogen-bond acceptors (Lipinski definition) is 6. The Kier molecular flexibility index (Phi) is 9.54. The number of rotatable bonds is 9. The summed E-state index contributed by atoms with van der Waals surface area (Å²) in [6.45, 7) is 9.27. The summed E-state index contributed by atoms with van der Waals surface area (Å²) >= 11 is 0. The first-order chi connectivity index (χ1) is 17.6. The molecule has 1 aliphatic rings. The fourth-order valence-electron chi connectivity index (χ4n) is 4.63. The summed E-state index contributed by atoms with van der Waals surface area (Å²) < 4.78 is 58.3. The third-order valence-electron chi connectivity index (χ3n) is 6.22. The van der Waals surface area contributed by atoms with Gasteiger partial charge in [0.05, 0.1) is 22.8 Å². The van der Waals surface area contributed by atoms with Gasteiger partial charge < -0.3 is 20.5 Å². The summed E-state index contributed by atoms with van der Waals surface area (Å²) in [5.41, 5.74) is 1.16. The molecule has 3 atom stereocenters. The Morgan fingerprint density at radius 2 is 1.74 bits per heavy atom. The molecule has 0 fully saturated rings. The average molecular weight is 553 g/mol. The Labute approximate surface area is 223 Å². The molecule has 7 nitrogen and oxygen atoms in total. The summed E-state index contributed by atoms with van der Waals surface area (Å²) in [6.07, 6.45) is -0.868. The Bertz CT molecular complexity index is 1220. The highest BCUT2D eigenvalue weighted by atomic mass is 32.2. The fourth-order valence-corrected chi connectivity index (χ4v) is 6.23. The maximum absolute atomic E-state index is 13.8. The van der Waals surface area contributed by atoms with E-state index in [0.717, 1.165) is 30.2 Å². The summed E-state index contributed by atoms with van der Waals surface area (Å²) in [6, 6.07) is 7.17. The van der Waals surface area contributed by atoms with Gasteiger partial charge in [-0.05, 0) is 80.8 Å². The molecule has 0 aromatic heterocycles. The number of benzene rings is 2. The van der Waals surface area contributed by atoms with Crippen LogP contribution in [0.5, 0.6) is 0 Å². The number of nitrogens with one attached hydrogen (secondary N) is 2. The molecule has 0 saturated heterocycles. The maximum atomic E-state index is 13.8. The number of hydrogen-bond donors (Lipinski definition) is 3. The zero-order valence-corrected chi connectivity index (χ0v) is 23.4. The van der Waals surface area contributed by atoms with Crippen molar-refractivity contribution in [3.63, 3.8) is 0 Å². The quantitative estimate of drug-likeness (QED) is 0.424. The topological polar surface area (TPSA) is 105 Å². The van der Waals surface area contributed by atoms with Gasteiger partial charge in [0.25, 0.3) is 0 Å². The average Bonchev–Trinajstić information content (AvgIpc) is 2.75. The lowest BCUT2D eigenvalue weighted by atomic mass is 9.96. The molecule has 0 aliphatic carbocycles. The summed E-state index contributed by atoms with van der Waals surface area (Å²) in [5.74, 6) is -1.16. The Morgan fingerprint density at radius 3 is 2.34 bits per heavy atom. The maximum Gasteiger partial charge on any atom is 0.407 e. The predicted molar refractivity (Wildman–Crippen MR) is 142 cm³/mol. The van der Waals surface area contributed by atoms with Crippen LogP contribution in [0.4, 0.5) is 13.6 Å². The van der Waals surface area contributed by atoms with Crippen molar-refractivity contribution in [3.8, 4) is 0 Å². The lowest BCUT2D eigenvalue weighted by molar-refractivity contribution is 0.0419. The molecule has 210 valence electrons. The minimum Gasteiger partial charge on any atom is -0.444 e. The van der Waals surface area contributed by atoms with Crippen LogP contribution in [-0.4, -0.2) is 49.7 Å². The zero-order chi connectivity index (χ0) is 28.3. The van der Waals surface area contributed by atoms with Crippen molar-refractivity contribution in [1.82, 2.24) is 10.6 Å². The number of sulfone groups is 1. The first kappa shape index (κ1) is 30.0. The van der Waals surface area contributed by atoms with E-state index in [0.29, 0.717) is 17.9 Å². The molecule has 0 bridgehead atoms. The zero-order valence-electron chi connectivity index (χ0n) is 22.6. The van der Waals surface area contributed by atoms with Crippen molar-refractivity contribution >= 4 is 15.9 Å². The van der Waals surface area contributed by atoms with Gasteiger partial charge in [-0.3, -0.25) is 0 Å². The third kappa shape index (κ3) is 8.47. The number of amides is 1. The monoisotopic (exact) mass is 552 g/mol. The molecule has 1 aliphatic heterocycles. The molecule has 2 aromatic rings. The van der Waals surface area contributed by atoms with Crippen molar-refractivity contribution in [2.45, 2.75) is 82.6 Å². The highest BCUT2D eigenvalue weighted by molar-refractivity contribution is 7.91. The second kappa shape index (κ2) is 12.1. The first-order valence-corrected chi connectivity index (χ1v) is 14.5. The molecule has 0 radical (unpaired) electrons. The molecule has 10 heteroatoms. The van der Waals surface area contributed by atoms with Crippen molar-refractivity contribution < 1.29 is 31.8 Å². The molecular weight excluding hydrogens is 514 g/mol.